The maximum Gasteiger partial charge on any atom is 0.270 e. The maximum absolute atomic E-state index is 12.3. The van der Waals surface area contributed by atoms with Crippen molar-refractivity contribution in [1.29, 1.82) is 0 Å². The van der Waals surface area contributed by atoms with Gasteiger partial charge < -0.3 is 24.6 Å². The first-order valence-corrected chi connectivity index (χ1v) is 9.38. The smallest absolute Gasteiger partial charge is 0.270 e. The molecule has 8 nitrogen and oxygen atoms in total. The van der Waals surface area contributed by atoms with Gasteiger partial charge in [0, 0.05) is 45.9 Å². The first kappa shape index (κ1) is 19.9. The van der Waals surface area contributed by atoms with E-state index in [9.17, 15) is 4.79 Å². The summed E-state index contributed by atoms with van der Waals surface area (Å²) in [5.41, 5.74) is 1.48. The van der Waals surface area contributed by atoms with Crippen LogP contribution in [0.2, 0.25) is 0 Å². The molecule has 150 valence electrons. The van der Waals surface area contributed by atoms with Gasteiger partial charge in [-0.25, -0.2) is 9.97 Å². The molecule has 0 radical (unpaired) electrons. The standard InChI is InChI=1S/C20H27N5O3/c1-15-22-16(20(26)21-8-13-27-2)14-19(23-15)25-11-9-24(10-12-25)17-6-4-5-7-18(17)28-3/h4-7,14H,8-13H2,1-3H3,(H,21,26). The molecule has 1 N–H and O–H groups in total. The van der Waals surface area contributed by atoms with E-state index in [-0.39, 0.29) is 5.91 Å². The number of amides is 1. The number of aryl methyl sites for hydroxylation is 1. The Morgan fingerprint density at radius 2 is 1.82 bits per heavy atom. The Morgan fingerprint density at radius 1 is 1.11 bits per heavy atom. The van der Waals surface area contributed by atoms with Gasteiger partial charge in [-0.3, -0.25) is 4.79 Å². The van der Waals surface area contributed by atoms with Gasteiger partial charge in [-0.05, 0) is 19.1 Å². The molecule has 2 aromatic rings. The van der Waals surface area contributed by atoms with Crippen LogP contribution in [0.25, 0.3) is 0 Å². The summed E-state index contributed by atoms with van der Waals surface area (Å²) in [5, 5.41) is 2.80. The minimum Gasteiger partial charge on any atom is -0.495 e. The van der Waals surface area contributed by atoms with E-state index in [1.807, 2.05) is 18.2 Å². The summed E-state index contributed by atoms with van der Waals surface area (Å²) in [4.78, 5) is 25.6. The van der Waals surface area contributed by atoms with Crippen molar-refractivity contribution < 1.29 is 14.3 Å². The van der Waals surface area contributed by atoms with Crippen molar-refractivity contribution in [3.8, 4) is 5.75 Å². The summed E-state index contributed by atoms with van der Waals surface area (Å²) >= 11 is 0. The highest BCUT2D eigenvalue weighted by atomic mass is 16.5. The third-order valence-electron chi connectivity index (χ3n) is 4.68. The molecule has 1 aliphatic rings. The van der Waals surface area contributed by atoms with Gasteiger partial charge in [0.15, 0.2) is 0 Å². The Balaban J connectivity index is 1.68. The third-order valence-corrected chi connectivity index (χ3v) is 4.68. The fraction of sp³-hybridized carbons (Fsp3) is 0.450. The van der Waals surface area contributed by atoms with E-state index in [2.05, 4.69) is 31.2 Å². The van der Waals surface area contributed by atoms with Crippen LogP contribution in [0.15, 0.2) is 30.3 Å². The third kappa shape index (κ3) is 4.69. The van der Waals surface area contributed by atoms with Crippen molar-refractivity contribution in [2.75, 3.05) is 63.4 Å². The molecule has 3 rings (SSSR count). The number of ether oxygens (including phenoxy) is 2. The van der Waals surface area contributed by atoms with Crippen molar-refractivity contribution in [2.24, 2.45) is 0 Å². The second kappa shape index (κ2) is 9.36. The van der Waals surface area contributed by atoms with E-state index in [1.165, 1.54) is 0 Å². The summed E-state index contributed by atoms with van der Waals surface area (Å²) in [6, 6.07) is 9.80. The molecular formula is C20H27N5O3. The van der Waals surface area contributed by atoms with Crippen molar-refractivity contribution in [3.05, 3.63) is 41.9 Å². The second-order valence-corrected chi connectivity index (χ2v) is 6.55. The average Bonchev–Trinajstić information content (AvgIpc) is 2.73. The number of aromatic nitrogens is 2. The van der Waals surface area contributed by atoms with Crippen LogP contribution in [0.4, 0.5) is 11.5 Å². The summed E-state index contributed by atoms with van der Waals surface area (Å²) < 4.78 is 10.4. The minimum absolute atomic E-state index is 0.212. The molecule has 1 saturated heterocycles. The number of benzene rings is 1. The molecule has 0 atom stereocenters. The lowest BCUT2D eigenvalue weighted by Crippen LogP contribution is -2.47. The Hall–Kier alpha value is -2.87. The van der Waals surface area contributed by atoms with Crippen molar-refractivity contribution in [1.82, 2.24) is 15.3 Å². The monoisotopic (exact) mass is 385 g/mol. The van der Waals surface area contributed by atoms with Gasteiger partial charge in [0.05, 0.1) is 19.4 Å². The van der Waals surface area contributed by atoms with Gasteiger partial charge in [-0.1, -0.05) is 12.1 Å². The predicted octanol–water partition coefficient (Wildman–Crippen LogP) is 1.50. The summed E-state index contributed by atoms with van der Waals surface area (Å²) in [7, 11) is 3.29. The molecule has 28 heavy (non-hydrogen) atoms. The lowest BCUT2D eigenvalue weighted by Gasteiger charge is -2.37. The van der Waals surface area contributed by atoms with Crippen LogP contribution in [-0.4, -0.2) is 69.4 Å². The van der Waals surface area contributed by atoms with E-state index >= 15 is 0 Å². The lowest BCUT2D eigenvalue weighted by atomic mass is 10.2. The summed E-state index contributed by atoms with van der Waals surface area (Å²) in [6.45, 7) is 6.02. The molecule has 2 heterocycles. The molecule has 0 aliphatic carbocycles. The second-order valence-electron chi connectivity index (χ2n) is 6.55. The first-order valence-electron chi connectivity index (χ1n) is 9.38. The fourth-order valence-corrected chi connectivity index (χ4v) is 3.25. The maximum atomic E-state index is 12.3. The van der Waals surface area contributed by atoms with Crippen molar-refractivity contribution in [2.45, 2.75) is 6.92 Å². The van der Waals surface area contributed by atoms with Crippen LogP contribution in [-0.2, 0) is 4.74 Å². The van der Waals surface area contributed by atoms with Crippen molar-refractivity contribution in [3.63, 3.8) is 0 Å². The molecule has 1 aliphatic heterocycles. The number of carbonyl (C=O) groups is 1. The molecular weight excluding hydrogens is 358 g/mol. The van der Waals surface area contributed by atoms with Crippen LogP contribution >= 0.6 is 0 Å². The number of nitrogens with zero attached hydrogens (tertiary/aromatic N) is 4. The molecule has 0 spiro atoms. The number of carbonyl (C=O) groups excluding carboxylic acids is 1. The molecule has 1 aromatic heterocycles. The Kier molecular flexibility index (Phi) is 6.65. The van der Waals surface area contributed by atoms with Gasteiger partial charge in [-0.15, -0.1) is 0 Å². The number of hydrogen-bond acceptors (Lipinski definition) is 7. The number of piperazine rings is 1. The van der Waals surface area contributed by atoms with E-state index < -0.39 is 0 Å². The normalized spacial score (nSPS) is 14.1. The SMILES string of the molecule is COCCNC(=O)c1cc(N2CCN(c3ccccc3OC)CC2)nc(C)n1. The highest BCUT2D eigenvalue weighted by Gasteiger charge is 2.22. The van der Waals surface area contributed by atoms with Gasteiger partial charge >= 0.3 is 0 Å². The Morgan fingerprint density at radius 3 is 2.54 bits per heavy atom. The van der Waals surface area contributed by atoms with Crippen molar-refractivity contribution >= 4 is 17.4 Å². The number of hydrogen-bond donors (Lipinski definition) is 1. The highest BCUT2D eigenvalue weighted by Crippen LogP contribution is 2.29. The fourth-order valence-electron chi connectivity index (χ4n) is 3.25. The topological polar surface area (TPSA) is 79.8 Å². The number of rotatable bonds is 7. The van der Waals surface area contributed by atoms with Crippen LogP contribution in [0, 0.1) is 6.92 Å². The molecule has 0 bridgehead atoms. The van der Waals surface area contributed by atoms with Crippen LogP contribution in [0.5, 0.6) is 5.75 Å². The van der Waals surface area contributed by atoms with Crippen LogP contribution in [0.1, 0.15) is 16.3 Å². The van der Waals surface area contributed by atoms with Crippen LogP contribution < -0.4 is 19.9 Å². The van der Waals surface area contributed by atoms with E-state index in [1.54, 1.807) is 27.2 Å². The molecule has 0 unspecified atom stereocenters. The van der Waals surface area contributed by atoms with Gasteiger partial charge in [0.2, 0.25) is 0 Å². The van der Waals surface area contributed by atoms with Gasteiger partial charge in [0.25, 0.3) is 5.91 Å². The zero-order valence-electron chi connectivity index (χ0n) is 16.6. The summed E-state index contributed by atoms with van der Waals surface area (Å²) in [6.07, 6.45) is 0. The minimum atomic E-state index is -0.212. The number of nitrogens with one attached hydrogen (secondary N) is 1. The van der Waals surface area contributed by atoms with Crippen LogP contribution in [0.3, 0.4) is 0 Å². The Bertz CT molecular complexity index is 806. The molecule has 1 amide bonds. The Labute approximate surface area is 165 Å². The summed E-state index contributed by atoms with van der Waals surface area (Å²) in [5.74, 6) is 2.03. The molecule has 8 heteroatoms. The zero-order valence-corrected chi connectivity index (χ0v) is 16.6. The van der Waals surface area contributed by atoms with E-state index in [4.69, 9.17) is 9.47 Å². The molecule has 1 fully saturated rings. The molecule has 0 saturated carbocycles. The zero-order chi connectivity index (χ0) is 19.9. The van der Waals surface area contributed by atoms with E-state index in [0.717, 1.165) is 43.4 Å². The largest absolute Gasteiger partial charge is 0.495 e. The number of anilines is 2. The van der Waals surface area contributed by atoms with E-state index in [0.29, 0.717) is 24.7 Å². The number of para-hydroxylation sites is 2. The predicted molar refractivity (Wildman–Crippen MR) is 108 cm³/mol. The quantitative estimate of drug-likeness (QED) is 0.724. The number of methoxy groups -OCH3 is 2. The van der Waals surface area contributed by atoms with Gasteiger partial charge in [0.1, 0.15) is 23.1 Å². The molecule has 1 aromatic carbocycles. The van der Waals surface area contributed by atoms with Gasteiger partial charge in [-0.2, -0.15) is 0 Å². The highest BCUT2D eigenvalue weighted by molar-refractivity contribution is 5.93. The first-order chi connectivity index (χ1) is 13.6. The average molecular weight is 385 g/mol. The lowest BCUT2D eigenvalue weighted by molar-refractivity contribution is 0.0931.